The number of aryl methyl sites for hydroxylation is 1. The van der Waals surface area contributed by atoms with Crippen LogP contribution in [-0.2, 0) is 0 Å². The number of pyridine rings is 1. The molecule has 0 bridgehead atoms. The number of aromatic nitrogens is 3. The Labute approximate surface area is 205 Å². The molecule has 0 aliphatic carbocycles. The lowest BCUT2D eigenvalue weighted by atomic mass is 10.2. The van der Waals surface area contributed by atoms with Gasteiger partial charge in [0.2, 0.25) is 5.95 Å². The summed E-state index contributed by atoms with van der Waals surface area (Å²) in [6.07, 6.45) is 5.08. The van der Waals surface area contributed by atoms with Crippen molar-refractivity contribution in [3.05, 3.63) is 100 Å². The number of nitro benzene ring substituents is 1. The van der Waals surface area contributed by atoms with E-state index in [1.54, 1.807) is 36.8 Å². The van der Waals surface area contributed by atoms with Crippen LogP contribution >= 0.6 is 12.2 Å². The first-order valence-electron chi connectivity index (χ1n) is 10.4. The number of amides is 1. The Balaban J connectivity index is 1.45. The number of rotatable bonds is 6. The van der Waals surface area contributed by atoms with E-state index >= 15 is 0 Å². The van der Waals surface area contributed by atoms with Gasteiger partial charge in [-0.3, -0.25) is 25.2 Å². The summed E-state index contributed by atoms with van der Waals surface area (Å²) in [7, 11) is 0. The van der Waals surface area contributed by atoms with Crippen molar-refractivity contribution in [1.82, 2.24) is 20.3 Å². The quantitative estimate of drug-likeness (QED) is 0.203. The Bertz CT molecular complexity index is 1410. The third-order valence-corrected chi connectivity index (χ3v) is 5.11. The van der Waals surface area contributed by atoms with Crippen molar-refractivity contribution < 1.29 is 9.72 Å². The summed E-state index contributed by atoms with van der Waals surface area (Å²) in [4.78, 5) is 35.8. The molecule has 11 heteroatoms. The van der Waals surface area contributed by atoms with E-state index in [-0.39, 0.29) is 16.4 Å². The predicted octanol–water partition coefficient (Wildman–Crippen LogP) is 4.63. The molecule has 4 aromatic rings. The summed E-state index contributed by atoms with van der Waals surface area (Å²) in [5.41, 5.74) is 3.85. The van der Waals surface area contributed by atoms with Gasteiger partial charge in [0, 0.05) is 53.2 Å². The SMILES string of the molecule is Cc1ccc(NC(=S)NC(=O)c2cccc([N+](=O)[O-])c2)cc1Nc1nccc(-c2cccnc2)n1. The monoisotopic (exact) mass is 485 g/mol. The van der Waals surface area contributed by atoms with Crippen LogP contribution in [0.4, 0.5) is 23.0 Å². The Morgan fingerprint density at radius 3 is 2.69 bits per heavy atom. The van der Waals surface area contributed by atoms with Crippen LogP contribution in [0.15, 0.2) is 79.3 Å². The highest BCUT2D eigenvalue weighted by Gasteiger charge is 2.13. The minimum Gasteiger partial charge on any atom is -0.332 e. The van der Waals surface area contributed by atoms with Crippen molar-refractivity contribution in [1.29, 1.82) is 0 Å². The molecule has 0 saturated heterocycles. The largest absolute Gasteiger partial charge is 0.332 e. The molecule has 174 valence electrons. The summed E-state index contributed by atoms with van der Waals surface area (Å²) in [6.45, 7) is 1.93. The predicted molar refractivity (Wildman–Crippen MR) is 137 cm³/mol. The van der Waals surface area contributed by atoms with Crippen LogP contribution in [0.1, 0.15) is 15.9 Å². The van der Waals surface area contributed by atoms with E-state index in [2.05, 4.69) is 30.9 Å². The molecule has 10 nitrogen and oxygen atoms in total. The maximum Gasteiger partial charge on any atom is 0.270 e. The van der Waals surface area contributed by atoms with E-state index in [1.165, 1.54) is 24.3 Å². The summed E-state index contributed by atoms with van der Waals surface area (Å²) in [5.74, 6) is -0.148. The molecule has 2 heterocycles. The zero-order valence-electron chi connectivity index (χ0n) is 18.4. The maximum absolute atomic E-state index is 12.4. The topological polar surface area (TPSA) is 135 Å². The average Bonchev–Trinajstić information content (AvgIpc) is 2.87. The molecule has 0 unspecified atom stereocenters. The van der Waals surface area contributed by atoms with E-state index in [0.29, 0.717) is 11.6 Å². The number of benzene rings is 2. The number of hydrogen-bond donors (Lipinski definition) is 3. The molecule has 0 radical (unpaired) electrons. The van der Waals surface area contributed by atoms with E-state index in [4.69, 9.17) is 12.2 Å². The molecular weight excluding hydrogens is 466 g/mol. The van der Waals surface area contributed by atoms with Crippen molar-refractivity contribution in [3.63, 3.8) is 0 Å². The van der Waals surface area contributed by atoms with Gasteiger partial charge in [0.25, 0.3) is 11.6 Å². The molecular formula is C24H19N7O3S. The number of non-ortho nitro benzene ring substituents is 1. The van der Waals surface area contributed by atoms with Gasteiger partial charge in [0.1, 0.15) is 0 Å². The van der Waals surface area contributed by atoms with Crippen LogP contribution in [0.25, 0.3) is 11.3 Å². The number of nitrogens with one attached hydrogen (secondary N) is 3. The van der Waals surface area contributed by atoms with Crippen molar-refractivity contribution in [2.24, 2.45) is 0 Å². The highest BCUT2D eigenvalue weighted by atomic mass is 32.1. The zero-order chi connectivity index (χ0) is 24.8. The summed E-state index contributed by atoms with van der Waals surface area (Å²) >= 11 is 5.25. The lowest BCUT2D eigenvalue weighted by Crippen LogP contribution is -2.34. The molecule has 2 aromatic heterocycles. The van der Waals surface area contributed by atoms with Gasteiger partial charge in [-0.25, -0.2) is 9.97 Å². The number of thiocarbonyl (C=S) groups is 1. The van der Waals surface area contributed by atoms with Gasteiger partial charge in [-0.2, -0.15) is 0 Å². The number of hydrogen-bond acceptors (Lipinski definition) is 8. The zero-order valence-corrected chi connectivity index (χ0v) is 19.2. The summed E-state index contributed by atoms with van der Waals surface area (Å²) in [5, 5.41) is 19.7. The Kier molecular flexibility index (Phi) is 6.98. The molecule has 4 rings (SSSR count). The second kappa shape index (κ2) is 10.4. The van der Waals surface area contributed by atoms with E-state index in [1.807, 2.05) is 25.1 Å². The van der Waals surface area contributed by atoms with Crippen molar-refractivity contribution >= 4 is 46.2 Å². The van der Waals surface area contributed by atoms with Crippen LogP contribution in [0, 0.1) is 17.0 Å². The number of anilines is 3. The van der Waals surface area contributed by atoms with Gasteiger partial charge in [-0.15, -0.1) is 0 Å². The van der Waals surface area contributed by atoms with Crippen LogP contribution in [-0.4, -0.2) is 30.9 Å². The summed E-state index contributed by atoms with van der Waals surface area (Å²) < 4.78 is 0. The number of nitrogens with zero attached hydrogens (tertiary/aromatic N) is 4. The van der Waals surface area contributed by atoms with Crippen LogP contribution in [0.3, 0.4) is 0 Å². The number of nitro groups is 1. The fourth-order valence-corrected chi connectivity index (χ4v) is 3.36. The lowest BCUT2D eigenvalue weighted by molar-refractivity contribution is -0.384. The smallest absolute Gasteiger partial charge is 0.270 e. The molecule has 0 spiro atoms. The maximum atomic E-state index is 12.4. The fraction of sp³-hybridized carbons (Fsp3) is 0.0417. The number of carbonyl (C=O) groups is 1. The Hall–Kier alpha value is -4.77. The fourth-order valence-electron chi connectivity index (χ4n) is 3.15. The average molecular weight is 486 g/mol. The summed E-state index contributed by atoms with van der Waals surface area (Å²) in [6, 6.07) is 16.4. The highest BCUT2D eigenvalue weighted by Crippen LogP contribution is 2.24. The molecule has 0 fully saturated rings. The Morgan fingerprint density at radius 2 is 1.91 bits per heavy atom. The first kappa shape index (κ1) is 23.4. The highest BCUT2D eigenvalue weighted by molar-refractivity contribution is 7.80. The molecule has 0 aliphatic heterocycles. The van der Waals surface area contributed by atoms with Crippen LogP contribution in [0.2, 0.25) is 0 Å². The second-order valence-corrected chi connectivity index (χ2v) is 7.79. The van der Waals surface area contributed by atoms with E-state index in [9.17, 15) is 14.9 Å². The molecule has 3 N–H and O–H groups in total. The first-order chi connectivity index (χ1) is 16.9. The van der Waals surface area contributed by atoms with Crippen LogP contribution in [0.5, 0.6) is 0 Å². The molecule has 2 aromatic carbocycles. The molecule has 0 atom stereocenters. The van der Waals surface area contributed by atoms with Gasteiger partial charge in [0.05, 0.1) is 10.6 Å². The molecule has 35 heavy (non-hydrogen) atoms. The molecule has 0 aliphatic rings. The molecule has 0 saturated carbocycles. The van der Waals surface area contributed by atoms with Crippen LogP contribution < -0.4 is 16.0 Å². The van der Waals surface area contributed by atoms with E-state index in [0.717, 1.165) is 22.5 Å². The van der Waals surface area contributed by atoms with Crippen molar-refractivity contribution in [2.75, 3.05) is 10.6 Å². The van der Waals surface area contributed by atoms with Gasteiger partial charge >= 0.3 is 0 Å². The standard InChI is InChI=1S/C24H19N7O3S/c1-15-7-8-18(27-24(35)30-22(32)16-4-2-6-19(12-16)31(33)34)13-21(15)29-23-26-11-9-20(28-23)17-5-3-10-25-14-17/h2-14H,1H3,(H,26,28,29)(H2,27,30,32,35). The second-order valence-electron chi connectivity index (χ2n) is 7.38. The number of carbonyl (C=O) groups excluding carboxylic acids is 1. The lowest BCUT2D eigenvalue weighted by Gasteiger charge is -2.13. The van der Waals surface area contributed by atoms with Gasteiger partial charge in [0.15, 0.2) is 5.11 Å². The van der Waals surface area contributed by atoms with E-state index < -0.39 is 10.8 Å². The first-order valence-corrected chi connectivity index (χ1v) is 10.8. The third-order valence-electron chi connectivity index (χ3n) is 4.90. The minimum atomic E-state index is -0.565. The minimum absolute atomic E-state index is 0.0473. The van der Waals surface area contributed by atoms with Gasteiger partial charge < -0.3 is 10.6 Å². The van der Waals surface area contributed by atoms with Gasteiger partial charge in [-0.05, 0) is 61.1 Å². The third kappa shape index (κ3) is 5.97. The van der Waals surface area contributed by atoms with Gasteiger partial charge in [-0.1, -0.05) is 12.1 Å². The molecule has 1 amide bonds. The normalized spacial score (nSPS) is 10.3. The van der Waals surface area contributed by atoms with Crippen molar-refractivity contribution in [3.8, 4) is 11.3 Å². The van der Waals surface area contributed by atoms with Crippen molar-refractivity contribution in [2.45, 2.75) is 6.92 Å². The Morgan fingerprint density at radius 1 is 1.06 bits per heavy atom.